The Morgan fingerprint density at radius 2 is 1.94 bits per heavy atom. The zero-order valence-corrected chi connectivity index (χ0v) is 10.5. The average Bonchev–Trinajstić information content (AvgIpc) is 2.85. The molecule has 2 bridgehead atoms. The Balaban J connectivity index is 1.57. The molecule has 2 heteroatoms. The fourth-order valence-electron chi connectivity index (χ4n) is 3.90. The minimum Gasteiger partial charge on any atom is -0.304 e. The average molecular weight is 220 g/mol. The molecule has 0 aromatic rings. The Kier molecular flexibility index (Phi) is 2.80. The lowest BCUT2D eigenvalue weighted by molar-refractivity contribution is 0.131. The van der Waals surface area contributed by atoms with Crippen molar-refractivity contribution in [1.29, 1.82) is 0 Å². The van der Waals surface area contributed by atoms with Gasteiger partial charge in [-0.2, -0.15) is 0 Å². The Bertz CT molecular complexity index is 278. The second-order valence-corrected chi connectivity index (χ2v) is 6.06. The zero-order valence-electron chi connectivity index (χ0n) is 10.5. The van der Waals surface area contributed by atoms with E-state index < -0.39 is 0 Å². The SMILES string of the molecule is C=C1C2CCC(C2)C1CN1CCN(C)CC1. The highest BCUT2D eigenvalue weighted by Gasteiger charge is 2.42. The molecule has 0 aromatic heterocycles. The van der Waals surface area contributed by atoms with Crippen LogP contribution >= 0.6 is 0 Å². The van der Waals surface area contributed by atoms with Crippen LogP contribution in [0.4, 0.5) is 0 Å². The van der Waals surface area contributed by atoms with Crippen LogP contribution in [0, 0.1) is 17.8 Å². The first-order chi connectivity index (χ1) is 7.74. The van der Waals surface area contributed by atoms with Crippen molar-refractivity contribution in [2.24, 2.45) is 17.8 Å². The van der Waals surface area contributed by atoms with E-state index in [1.807, 2.05) is 0 Å². The quantitative estimate of drug-likeness (QED) is 0.655. The lowest BCUT2D eigenvalue weighted by atomic mass is 9.84. The molecule has 3 unspecified atom stereocenters. The summed E-state index contributed by atoms with van der Waals surface area (Å²) < 4.78 is 0. The number of hydrogen-bond acceptors (Lipinski definition) is 2. The van der Waals surface area contributed by atoms with Crippen LogP contribution in [0.3, 0.4) is 0 Å². The van der Waals surface area contributed by atoms with E-state index in [9.17, 15) is 0 Å². The normalized spacial score (nSPS) is 40.8. The number of likely N-dealkylation sites (N-methyl/N-ethyl adjacent to an activating group) is 1. The van der Waals surface area contributed by atoms with Gasteiger partial charge in [0, 0.05) is 32.7 Å². The first-order valence-corrected chi connectivity index (χ1v) is 6.83. The van der Waals surface area contributed by atoms with Crippen molar-refractivity contribution in [3.8, 4) is 0 Å². The van der Waals surface area contributed by atoms with Gasteiger partial charge >= 0.3 is 0 Å². The van der Waals surface area contributed by atoms with Crippen molar-refractivity contribution in [1.82, 2.24) is 9.80 Å². The first kappa shape index (κ1) is 10.8. The molecule has 0 N–H and O–H groups in total. The third kappa shape index (κ3) is 1.82. The van der Waals surface area contributed by atoms with Gasteiger partial charge in [0.1, 0.15) is 0 Å². The summed E-state index contributed by atoms with van der Waals surface area (Å²) >= 11 is 0. The van der Waals surface area contributed by atoms with Crippen molar-refractivity contribution in [3.63, 3.8) is 0 Å². The summed E-state index contributed by atoms with van der Waals surface area (Å²) in [7, 11) is 2.23. The van der Waals surface area contributed by atoms with Crippen LogP contribution < -0.4 is 0 Å². The predicted molar refractivity (Wildman–Crippen MR) is 67.4 cm³/mol. The van der Waals surface area contributed by atoms with E-state index in [0.29, 0.717) is 0 Å². The number of rotatable bonds is 2. The van der Waals surface area contributed by atoms with E-state index >= 15 is 0 Å². The molecule has 0 spiro atoms. The predicted octanol–water partition coefficient (Wildman–Crippen LogP) is 1.84. The maximum atomic E-state index is 4.36. The summed E-state index contributed by atoms with van der Waals surface area (Å²) in [6, 6.07) is 0. The summed E-state index contributed by atoms with van der Waals surface area (Å²) in [6.07, 6.45) is 4.36. The van der Waals surface area contributed by atoms with Gasteiger partial charge in [0.05, 0.1) is 0 Å². The number of hydrogen-bond donors (Lipinski definition) is 0. The topological polar surface area (TPSA) is 6.48 Å². The van der Waals surface area contributed by atoms with Crippen molar-refractivity contribution in [3.05, 3.63) is 12.2 Å². The standard InChI is InChI=1S/C14H24N2/c1-11-12-3-4-13(9-12)14(11)10-16-7-5-15(2)6-8-16/h12-14H,1,3-10H2,2H3. The molecule has 16 heavy (non-hydrogen) atoms. The highest BCUT2D eigenvalue weighted by Crippen LogP contribution is 2.51. The molecule has 1 heterocycles. The van der Waals surface area contributed by atoms with Crippen LogP contribution in [0.5, 0.6) is 0 Å². The van der Waals surface area contributed by atoms with E-state index in [1.165, 1.54) is 52.0 Å². The number of piperazine rings is 1. The van der Waals surface area contributed by atoms with Crippen LogP contribution in [0.2, 0.25) is 0 Å². The lowest BCUT2D eigenvalue weighted by Gasteiger charge is -2.36. The molecule has 3 fully saturated rings. The largest absolute Gasteiger partial charge is 0.304 e. The molecule has 2 nitrogen and oxygen atoms in total. The van der Waals surface area contributed by atoms with E-state index in [1.54, 1.807) is 5.57 Å². The van der Waals surface area contributed by atoms with E-state index in [-0.39, 0.29) is 0 Å². The molecular formula is C14H24N2. The van der Waals surface area contributed by atoms with Crippen LogP contribution in [0.1, 0.15) is 19.3 Å². The molecule has 0 aromatic carbocycles. The Morgan fingerprint density at radius 1 is 1.19 bits per heavy atom. The third-order valence-corrected chi connectivity index (χ3v) is 5.09. The maximum absolute atomic E-state index is 4.36. The molecule has 0 amide bonds. The smallest absolute Gasteiger partial charge is 0.0110 e. The summed E-state index contributed by atoms with van der Waals surface area (Å²) in [5, 5.41) is 0. The van der Waals surface area contributed by atoms with Gasteiger partial charge in [-0.05, 0) is 44.1 Å². The molecule has 3 rings (SSSR count). The summed E-state index contributed by atoms with van der Waals surface area (Å²) in [5.74, 6) is 2.71. The van der Waals surface area contributed by atoms with E-state index in [4.69, 9.17) is 0 Å². The summed E-state index contributed by atoms with van der Waals surface area (Å²) in [4.78, 5) is 5.10. The van der Waals surface area contributed by atoms with Gasteiger partial charge in [0.25, 0.3) is 0 Å². The van der Waals surface area contributed by atoms with Gasteiger partial charge in [0.15, 0.2) is 0 Å². The molecule has 1 aliphatic heterocycles. The molecule has 2 aliphatic carbocycles. The minimum atomic E-state index is 0.835. The highest BCUT2D eigenvalue weighted by molar-refractivity contribution is 5.18. The maximum Gasteiger partial charge on any atom is 0.0110 e. The fourth-order valence-corrected chi connectivity index (χ4v) is 3.90. The third-order valence-electron chi connectivity index (χ3n) is 5.09. The van der Waals surface area contributed by atoms with Gasteiger partial charge in [0.2, 0.25) is 0 Å². The van der Waals surface area contributed by atoms with Crippen LogP contribution in [0.15, 0.2) is 12.2 Å². The number of nitrogens with zero attached hydrogens (tertiary/aromatic N) is 2. The van der Waals surface area contributed by atoms with Crippen LogP contribution in [-0.2, 0) is 0 Å². The van der Waals surface area contributed by atoms with Crippen molar-refractivity contribution in [2.45, 2.75) is 19.3 Å². The first-order valence-electron chi connectivity index (χ1n) is 6.83. The minimum absolute atomic E-state index is 0.835. The second kappa shape index (κ2) is 4.15. The van der Waals surface area contributed by atoms with Crippen molar-refractivity contribution in [2.75, 3.05) is 39.8 Å². The Morgan fingerprint density at radius 3 is 2.56 bits per heavy atom. The molecule has 3 aliphatic rings. The van der Waals surface area contributed by atoms with Crippen molar-refractivity contribution < 1.29 is 0 Å². The summed E-state index contributed by atoms with van der Waals surface area (Å²) in [5.41, 5.74) is 1.59. The molecule has 3 atom stereocenters. The van der Waals surface area contributed by atoms with Gasteiger partial charge in [-0.3, -0.25) is 0 Å². The zero-order chi connectivity index (χ0) is 11.1. The summed E-state index contributed by atoms with van der Waals surface area (Å²) in [6.45, 7) is 10.7. The molecule has 1 saturated heterocycles. The Labute approximate surface area is 99.3 Å². The van der Waals surface area contributed by atoms with Gasteiger partial charge in [-0.15, -0.1) is 0 Å². The fraction of sp³-hybridized carbons (Fsp3) is 0.857. The van der Waals surface area contributed by atoms with E-state index in [2.05, 4.69) is 23.4 Å². The van der Waals surface area contributed by atoms with Crippen LogP contribution in [-0.4, -0.2) is 49.6 Å². The second-order valence-electron chi connectivity index (χ2n) is 6.06. The molecule has 0 radical (unpaired) electrons. The highest BCUT2D eigenvalue weighted by atomic mass is 15.2. The molecular weight excluding hydrogens is 196 g/mol. The molecule has 90 valence electrons. The van der Waals surface area contributed by atoms with Crippen LogP contribution in [0.25, 0.3) is 0 Å². The lowest BCUT2D eigenvalue weighted by Crippen LogP contribution is -2.46. The van der Waals surface area contributed by atoms with E-state index in [0.717, 1.165) is 17.8 Å². The number of fused-ring (bicyclic) bond motifs is 2. The van der Waals surface area contributed by atoms with Gasteiger partial charge < -0.3 is 9.80 Å². The van der Waals surface area contributed by atoms with Crippen molar-refractivity contribution >= 4 is 0 Å². The molecule has 2 saturated carbocycles. The Hall–Kier alpha value is -0.340. The van der Waals surface area contributed by atoms with Gasteiger partial charge in [-0.25, -0.2) is 0 Å². The monoisotopic (exact) mass is 220 g/mol. The van der Waals surface area contributed by atoms with Gasteiger partial charge in [-0.1, -0.05) is 12.2 Å².